The van der Waals surface area contributed by atoms with Crippen molar-refractivity contribution in [3.63, 3.8) is 0 Å². The lowest BCUT2D eigenvalue weighted by atomic mass is 9.91. The standard InChI is InChI=1S/C25H22F4O/c1-2-30-22-14-11-18(12-15-22)8-9-19-10-13-21(24(26)16-19)17-23(25(27,28)29)20-6-4-3-5-7-20/h3-16,23H,2,17H2,1H3/b9-8+/t23-/m0/s1. The summed E-state index contributed by atoms with van der Waals surface area (Å²) >= 11 is 0. The molecule has 0 aliphatic heterocycles. The van der Waals surface area contributed by atoms with Crippen molar-refractivity contribution in [1.29, 1.82) is 0 Å². The van der Waals surface area contributed by atoms with E-state index in [4.69, 9.17) is 4.74 Å². The lowest BCUT2D eigenvalue weighted by molar-refractivity contribution is -0.150. The van der Waals surface area contributed by atoms with Crippen LogP contribution in [-0.4, -0.2) is 12.8 Å². The van der Waals surface area contributed by atoms with Crippen LogP contribution >= 0.6 is 0 Å². The molecule has 0 saturated carbocycles. The third kappa shape index (κ3) is 5.72. The minimum Gasteiger partial charge on any atom is -0.494 e. The van der Waals surface area contributed by atoms with Gasteiger partial charge in [0.2, 0.25) is 0 Å². The van der Waals surface area contributed by atoms with Gasteiger partial charge >= 0.3 is 6.18 Å². The van der Waals surface area contributed by atoms with Gasteiger partial charge < -0.3 is 4.74 Å². The van der Waals surface area contributed by atoms with Crippen LogP contribution in [0.15, 0.2) is 72.8 Å². The van der Waals surface area contributed by atoms with Gasteiger partial charge in [-0.15, -0.1) is 0 Å². The number of halogens is 4. The number of rotatable bonds is 7. The molecular weight excluding hydrogens is 392 g/mol. The predicted molar refractivity (Wildman–Crippen MR) is 112 cm³/mol. The van der Waals surface area contributed by atoms with Crippen LogP contribution in [0.3, 0.4) is 0 Å². The molecule has 5 heteroatoms. The molecule has 0 amide bonds. The second kappa shape index (κ2) is 9.61. The molecule has 0 aliphatic rings. The van der Waals surface area contributed by atoms with Gasteiger partial charge in [0.05, 0.1) is 12.5 Å². The minimum absolute atomic E-state index is 0.0411. The highest BCUT2D eigenvalue weighted by Gasteiger charge is 2.40. The zero-order chi connectivity index (χ0) is 21.6. The van der Waals surface area contributed by atoms with Gasteiger partial charge in [0.25, 0.3) is 0 Å². The van der Waals surface area contributed by atoms with Crippen molar-refractivity contribution in [2.45, 2.75) is 25.4 Å². The van der Waals surface area contributed by atoms with Gasteiger partial charge in [-0.05, 0) is 53.8 Å². The Labute approximate surface area is 173 Å². The first-order chi connectivity index (χ1) is 14.4. The summed E-state index contributed by atoms with van der Waals surface area (Å²) in [5, 5.41) is 0. The van der Waals surface area contributed by atoms with E-state index in [1.54, 1.807) is 30.3 Å². The zero-order valence-corrected chi connectivity index (χ0v) is 16.5. The Morgan fingerprint density at radius 2 is 1.50 bits per heavy atom. The first kappa shape index (κ1) is 21.6. The van der Waals surface area contributed by atoms with Gasteiger partial charge in [0.15, 0.2) is 0 Å². The van der Waals surface area contributed by atoms with E-state index >= 15 is 0 Å². The molecule has 3 aromatic carbocycles. The Kier molecular flexibility index (Phi) is 6.93. The van der Waals surface area contributed by atoms with Crippen molar-refractivity contribution in [2.24, 2.45) is 0 Å². The lowest BCUT2D eigenvalue weighted by Gasteiger charge is -2.21. The SMILES string of the molecule is CCOc1ccc(/C=C/c2ccc(C[C@@H](c3ccccc3)C(F)(F)F)c(F)c2)cc1. The van der Waals surface area contributed by atoms with E-state index in [0.29, 0.717) is 12.2 Å². The second-order valence-electron chi connectivity index (χ2n) is 6.90. The van der Waals surface area contributed by atoms with E-state index in [-0.39, 0.29) is 11.1 Å². The quantitative estimate of drug-likeness (QED) is 0.291. The van der Waals surface area contributed by atoms with Crippen molar-refractivity contribution >= 4 is 12.2 Å². The molecule has 0 bridgehead atoms. The fourth-order valence-corrected chi connectivity index (χ4v) is 3.19. The first-order valence-corrected chi connectivity index (χ1v) is 9.68. The smallest absolute Gasteiger partial charge is 0.396 e. The first-order valence-electron chi connectivity index (χ1n) is 9.68. The summed E-state index contributed by atoms with van der Waals surface area (Å²) in [6.45, 7) is 2.49. The summed E-state index contributed by atoms with van der Waals surface area (Å²) in [6, 6.07) is 19.4. The van der Waals surface area contributed by atoms with E-state index < -0.39 is 24.3 Å². The second-order valence-corrected chi connectivity index (χ2v) is 6.90. The van der Waals surface area contributed by atoms with Crippen LogP contribution in [0.25, 0.3) is 12.2 Å². The van der Waals surface area contributed by atoms with Crippen LogP contribution in [0.5, 0.6) is 5.75 Å². The van der Waals surface area contributed by atoms with Crippen molar-refractivity contribution in [3.8, 4) is 5.75 Å². The molecule has 0 radical (unpaired) electrons. The van der Waals surface area contributed by atoms with Crippen LogP contribution < -0.4 is 4.74 Å². The molecule has 0 saturated heterocycles. The summed E-state index contributed by atoms with van der Waals surface area (Å²) in [5.74, 6) is -1.63. The summed E-state index contributed by atoms with van der Waals surface area (Å²) in [7, 11) is 0. The maximum absolute atomic E-state index is 14.6. The maximum Gasteiger partial charge on any atom is 0.396 e. The lowest BCUT2D eigenvalue weighted by Crippen LogP contribution is -2.23. The molecule has 156 valence electrons. The van der Waals surface area contributed by atoms with Crippen molar-refractivity contribution in [3.05, 3.63) is 101 Å². The van der Waals surface area contributed by atoms with E-state index in [9.17, 15) is 17.6 Å². The van der Waals surface area contributed by atoms with Gasteiger partial charge in [-0.1, -0.05) is 66.7 Å². The molecule has 30 heavy (non-hydrogen) atoms. The highest BCUT2D eigenvalue weighted by atomic mass is 19.4. The molecule has 3 aromatic rings. The van der Waals surface area contributed by atoms with Crippen LogP contribution in [-0.2, 0) is 6.42 Å². The molecule has 0 heterocycles. The Morgan fingerprint density at radius 1 is 0.867 bits per heavy atom. The van der Waals surface area contributed by atoms with Gasteiger partial charge in [-0.3, -0.25) is 0 Å². The molecule has 0 unspecified atom stereocenters. The Bertz CT molecular complexity index is 976. The van der Waals surface area contributed by atoms with Crippen molar-refractivity contribution in [2.75, 3.05) is 6.61 Å². The summed E-state index contributed by atoms with van der Waals surface area (Å²) in [5.41, 5.74) is 1.65. The van der Waals surface area contributed by atoms with Gasteiger partial charge in [-0.2, -0.15) is 13.2 Å². The molecule has 0 fully saturated rings. The summed E-state index contributed by atoms with van der Waals surface area (Å²) in [6.07, 6.45) is -1.37. The van der Waals surface area contributed by atoms with Crippen LogP contribution in [0.4, 0.5) is 17.6 Å². The fourth-order valence-electron chi connectivity index (χ4n) is 3.19. The Morgan fingerprint density at radius 3 is 2.10 bits per heavy atom. The third-order valence-electron chi connectivity index (χ3n) is 4.76. The molecule has 0 aliphatic carbocycles. The number of benzene rings is 3. The Hall–Kier alpha value is -3.08. The normalized spacial score (nSPS) is 12.8. The van der Waals surface area contributed by atoms with Crippen LogP contribution in [0, 0.1) is 5.82 Å². The van der Waals surface area contributed by atoms with Crippen molar-refractivity contribution < 1.29 is 22.3 Å². The summed E-state index contributed by atoms with van der Waals surface area (Å²) < 4.78 is 60.6. The zero-order valence-electron chi connectivity index (χ0n) is 16.5. The molecule has 0 spiro atoms. The fraction of sp³-hybridized carbons (Fsp3) is 0.200. The molecule has 0 N–H and O–H groups in total. The summed E-state index contributed by atoms with van der Waals surface area (Å²) in [4.78, 5) is 0. The number of alkyl halides is 3. The van der Waals surface area contributed by atoms with E-state index in [1.165, 1.54) is 24.3 Å². The largest absolute Gasteiger partial charge is 0.494 e. The van der Waals surface area contributed by atoms with Crippen LogP contribution in [0.2, 0.25) is 0 Å². The van der Waals surface area contributed by atoms with Gasteiger partial charge in [0, 0.05) is 0 Å². The topological polar surface area (TPSA) is 9.23 Å². The Balaban J connectivity index is 1.75. The molecular formula is C25H22F4O. The minimum atomic E-state index is -4.46. The molecule has 0 aromatic heterocycles. The monoisotopic (exact) mass is 414 g/mol. The highest BCUT2D eigenvalue weighted by Crippen LogP contribution is 2.37. The number of hydrogen-bond acceptors (Lipinski definition) is 1. The number of ether oxygens (including phenoxy) is 1. The van der Waals surface area contributed by atoms with Crippen molar-refractivity contribution in [1.82, 2.24) is 0 Å². The maximum atomic E-state index is 14.6. The van der Waals surface area contributed by atoms with Gasteiger partial charge in [0.1, 0.15) is 11.6 Å². The van der Waals surface area contributed by atoms with E-state index in [1.807, 2.05) is 37.3 Å². The average Bonchev–Trinajstić information content (AvgIpc) is 2.72. The average molecular weight is 414 g/mol. The number of hydrogen-bond donors (Lipinski definition) is 0. The van der Waals surface area contributed by atoms with E-state index in [0.717, 1.165) is 11.3 Å². The van der Waals surface area contributed by atoms with Crippen LogP contribution in [0.1, 0.15) is 35.1 Å². The highest BCUT2D eigenvalue weighted by molar-refractivity contribution is 5.70. The van der Waals surface area contributed by atoms with Gasteiger partial charge in [-0.25, -0.2) is 4.39 Å². The predicted octanol–water partition coefficient (Wildman–Crippen LogP) is 7.28. The molecule has 1 atom stereocenters. The molecule has 3 rings (SSSR count). The molecule has 1 nitrogen and oxygen atoms in total. The van der Waals surface area contributed by atoms with E-state index in [2.05, 4.69) is 0 Å². The third-order valence-corrected chi connectivity index (χ3v) is 4.76.